The summed E-state index contributed by atoms with van der Waals surface area (Å²) < 4.78 is 4.73. The summed E-state index contributed by atoms with van der Waals surface area (Å²) in [5.74, 6) is -0.631. The number of esters is 1. The molecule has 0 aromatic heterocycles. The van der Waals surface area contributed by atoms with Crippen molar-refractivity contribution in [2.24, 2.45) is 5.73 Å². The molecule has 1 fully saturated rings. The Hall–Kier alpha value is -2.39. The van der Waals surface area contributed by atoms with Crippen LogP contribution in [0, 0.1) is 11.3 Å². The third-order valence-corrected chi connectivity index (χ3v) is 3.86. The number of rotatable bonds is 4. The van der Waals surface area contributed by atoms with Gasteiger partial charge in [0.2, 0.25) is 5.91 Å². The van der Waals surface area contributed by atoms with Crippen LogP contribution < -0.4 is 5.73 Å². The molecule has 0 bridgehead atoms. The van der Waals surface area contributed by atoms with Gasteiger partial charge < -0.3 is 15.4 Å². The molecule has 0 saturated carbocycles. The molecule has 116 valence electrons. The highest BCUT2D eigenvalue weighted by molar-refractivity contribution is 5.88. The molecule has 1 amide bonds. The molecule has 0 unspecified atom stereocenters. The molecule has 22 heavy (non-hydrogen) atoms. The summed E-state index contributed by atoms with van der Waals surface area (Å²) in [7, 11) is 1.32. The molecule has 0 radical (unpaired) electrons. The molecule has 0 aliphatic carbocycles. The summed E-state index contributed by atoms with van der Waals surface area (Å²) in [4.78, 5) is 25.7. The lowest BCUT2D eigenvalue weighted by Gasteiger charge is -2.25. The topological polar surface area (TPSA) is 96.4 Å². The van der Waals surface area contributed by atoms with E-state index in [0.717, 1.165) is 12.0 Å². The van der Waals surface area contributed by atoms with Crippen molar-refractivity contribution in [2.45, 2.75) is 31.3 Å². The maximum absolute atomic E-state index is 12.4. The second kappa shape index (κ2) is 7.05. The Kier molecular flexibility index (Phi) is 5.12. The number of hydrogen-bond acceptors (Lipinski definition) is 5. The molecule has 1 aromatic carbocycles. The number of amides is 1. The fraction of sp³-hybridized carbons (Fsp3) is 0.438. The van der Waals surface area contributed by atoms with Crippen molar-refractivity contribution in [1.29, 1.82) is 5.26 Å². The summed E-state index contributed by atoms with van der Waals surface area (Å²) in [6.45, 7) is 0.527. The lowest BCUT2D eigenvalue weighted by molar-refractivity contribution is -0.151. The van der Waals surface area contributed by atoms with Gasteiger partial charge in [0, 0.05) is 6.54 Å². The van der Waals surface area contributed by atoms with Crippen LogP contribution in [-0.4, -0.2) is 42.5 Å². The van der Waals surface area contributed by atoms with Crippen LogP contribution in [0.25, 0.3) is 0 Å². The van der Waals surface area contributed by atoms with Crippen molar-refractivity contribution >= 4 is 11.9 Å². The first-order valence-corrected chi connectivity index (χ1v) is 7.19. The molecule has 2 atom stereocenters. The van der Waals surface area contributed by atoms with Crippen LogP contribution in [0.1, 0.15) is 24.0 Å². The van der Waals surface area contributed by atoms with Crippen LogP contribution in [0.5, 0.6) is 0 Å². The van der Waals surface area contributed by atoms with E-state index in [9.17, 15) is 9.59 Å². The van der Waals surface area contributed by atoms with Gasteiger partial charge in [0.25, 0.3) is 0 Å². The third-order valence-electron chi connectivity index (χ3n) is 3.86. The molecule has 1 heterocycles. The van der Waals surface area contributed by atoms with Gasteiger partial charge in [-0.2, -0.15) is 5.26 Å². The van der Waals surface area contributed by atoms with E-state index in [4.69, 9.17) is 15.7 Å². The quantitative estimate of drug-likeness (QED) is 0.821. The molecule has 0 spiro atoms. The summed E-state index contributed by atoms with van der Waals surface area (Å²) >= 11 is 0. The largest absolute Gasteiger partial charge is 0.467 e. The van der Waals surface area contributed by atoms with Crippen LogP contribution in [0.15, 0.2) is 24.3 Å². The molecule has 2 rings (SSSR count). The first-order chi connectivity index (χ1) is 10.6. The first kappa shape index (κ1) is 16.0. The van der Waals surface area contributed by atoms with Crippen molar-refractivity contribution in [3.8, 4) is 6.07 Å². The number of nitriles is 1. The predicted molar refractivity (Wildman–Crippen MR) is 79.6 cm³/mol. The molecule has 6 nitrogen and oxygen atoms in total. The van der Waals surface area contributed by atoms with Crippen LogP contribution in [0.3, 0.4) is 0 Å². The minimum Gasteiger partial charge on any atom is -0.467 e. The van der Waals surface area contributed by atoms with Gasteiger partial charge in [0.05, 0.1) is 24.8 Å². The standard InChI is InChI=1S/C16H19N3O3/c1-22-16(21)14-3-2-8-19(14)15(20)13(18)9-11-4-6-12(10-17)7-5-11/h4-7,13-14H,2-3,8-9,18H2,1H3/t13-,14-/m0/s1. The van der Waals surface area contributed by atoms with Gasteiger partial charge in [-0.25, -0.2) is 4.79 Å². The Morgan fingerprint density at radius 3 is 2.73 bits per heavy atom. The van der Waals surface area contributed by atoms with Gasteiger partial charge in [-0.1, -0.05) is 12.1 Å². The van der Waals surface area contributed by atoms with Crippen molar-refractivity contribution in [2.75, 3.05) is 13.7 Å². The van der Waals surface area contributed by atoms with Gasteiger partial charge in [0.1, 0.15) is 6.04 Å². The highest BCUT2D eigenvalue weighted by Gasteiger charge is 2.36. The van der Waals surface area contributed by atoms with E-state index in [2.05, 4.69) is 0 Å². The molecule has 6 heteroatoms. The molecule has 1 aliphatic heterocycles. The van der Waals surface area contributed by atoms with Gasteiger partial charge >= 0.3 is 5.97 Å². The van der Waals surface area contributed by atoms with Gasteiger partial charge in [-0.3, -0.25) is 4.79 Å². The van der Waals surface area contributed by atoms with Crippen LogP contribution >= 0.6 is 0 Å². The fourth-order valence-corrected chi connectivity index (χ4v) is 2.68. The Balaban J connectivity index is 2.02. The number of nitrogens with zero attached hydrogens (tertiary/aromatic N) is 2. The summed E-state index contributed by atoms with van der Waals surface area (Å²) in [6.07, 6.45) is 1.76. The highest BCUT2D eigenvalue weighted by Crippen LogP contribution is 2.20. The number of carbonyl (C=O) groups is 2. The fourth-order valence-electron chi connectivity index (χ4n) is 2.68. The SMILES string of the molecule is COC(=O)[C@@H]1CCCN1C(=O)[C@@H](N)Cc1ccc(C#N)cc1. The normalized spacial score (nSPS) is 18.6. The van der Waals surface area contributed by atoms with E-state index in [1.54, 1.807) is 24.3 Å². The lowest BCUT2D eigenvalue weighted by atomic mass is 10.0. The Morgan fingerprint density at radius 1 is 1.45 bits per heavy atom. The number of likely N-dealkylation sites (tertiary alicyclic amines) is 1. The number of benzene rings is 1. The zero-order valence-electron chi connectivity index (χ0n) is 12.5. The average molecular weight is 301 g/mol. The molecule has 1 aliphatic rings. The van der Waals surface area contributed by atoms with Crippen LogP contribution in [0.2, 0.25) is 0 Å². The number of methoxy groups -OCH3 is 1. The number of ether oxygens (including phenoxy) is 1. The maximum atomic E-state index is 12.4. The maximum Gasteiger partial charge on any atom is 0.328 e. The molecule has 2 N–H and O–H groups in total. The second-order valence-electron chi connectivity index (χ2n) is 5.33. The van der Waals surface area contributed by atoms with Crippen LogP contribution in [0.4, 0.5) is 0 Å². The summed E-state index contributed by atoms with van der Waals surface area (Å²) in [6, 6.07) is 7.77. The number of nitrogens with two attached hydrogens (primary N) is 1. The van der Waals surface area contributed by atoms with E-state index < -0.39 is 18.1 Å². The zero-order valence-corrected chi connectivity index (χ0v) is 12.5. The summed E-state index contributed by atoms with van der Waals surface area (Å²) in [5.41, 5.74) is 7.44. The number of carbonyl (C=O) groups excluding carboxylic acids is 2. The molecule has 1 saturated heterocycles. The smallest absolute Gasteiger partial charge is 0.328 e. The summed E-state index contributed by atoms with van der Waals surface area (Å²) in [5, 5.41) is 8.77. The minimum absolute atomic E-state index is 0.239. The monoisotopic (exact) mass is 301 g/mol. The van der Waals surface area contributed by atoms with E-state index in [-0.39, 0.29) is 5.91 Å². The third kappa shape index (κ3) is 3.43. The van der Waals surface area contributed by atoms with E-state index in [0.29, 0.717) is 24.9 Å². The van der Waals surface area contributed by atoms with Gasteiger partial charge in [-0.15, -0.1) is 0 Å². The number of hydrogen-bond donors (Lipinski definition) is 1. The van der Waals surface area contributed by atoms with Gasteiger partial charge in [0.15, 0.2) is 0 Å². The molecular formula is C16H19N3O3. The van der Waals surface area contributed by atoms with E-state index >= 15 is 0 Å². The highest BCUT2D eigenvalue weighted by atomic mass is 16.5. The van der Waals surface area contributed by atoms with Crippen molar-refractivity contribution in [3.63, 3.8) is 0 Å². The lowest BCUT2D eigenvalue weighted by Crippen LogP contribution is -2.49. The van der Waals surface area contributed by atoms with Crippen molar-refractivity contribution in [3.05, 3.63) is 35.4 Å². The van der Waals surface area contributed by atoms with E-state index in [1.807, 2.05) is 6.07 Å². The Morgan fingerprint density at radius 2 is 2.14 bits per heavy atom. The van der Waals surface area contributed by atoms with Crippen molar-refractivity contribution in [1.82, 2.24) is 4.90 Å². The Bertz CT molecular complexity index is 592. The molecule has 1 aromatic rings. The second-order valence-corrected chi connectivity index (χ2v) is 5.33. The Labute approximate surface area is 129 Å². The van der Waals surface area contributed by atoms with Crippen LogP contribution in [-0.2, 0) is 20.7 Å². The zero-order chi connectivity index (χ0) is 16.1. The molecular weight excluding hydrogens is 282 g/mol. The van der Waals surface area contributed by atoms with E-state index in [1.165, 1.54) is 12.0 Å². The first-order valence-electron chi connectivity index (χ1n) is 7.19. The minimum atomic E-state index is -0.710. The van der Waals surface area contributed by atoms with Gasteiger partial charge in [-0.05, 0) is 37.0 Å². The predicted octanol–water partition coefficient (Wildman–Crippen LogP) is 0.592. The van der Waals surface area contributed by atoms with Crippen molar-refractivity contribution < 1.29 is 14.3 Å². The average Bonchev–Trinajstić information content (AvgIpc) is 3.03.